The van der Waals surface area contributed by atoms with Gasteiger partial charge in [0.2, 0.25) is 5.75 Å². The molecule has 0 saturated carbocycles. The Balaban J connectivity index is 1.44. The van der Waals surface area contributed by atoms with Gasteiger partial charge < -0.3 is 24.1 Å². The molecule has 0 unspecified atom stereocenters. The molecule has 0 fully saturated rings. The van der Waals surface area contributed by atoms with E-state index >= 15 is 0 Å². The molecule has 7 heteroatoms. The maximum Gasteiger partial charge on any atom is 0.251 e. The van der Waals surface area contributed by atoms with E-state index in [1.165, 1.54) is 21.3 Å². The van der Waals surface area contributed by atoms with Gasteiger partial charge >= 0.3 is 0 Å². The number of carbonyl (C=O) groups excluding carboxylic acids is 1. The van der Waals surface area contributed by atoms with Crippen LogP contribution in [0.4, 0.5) is 0 Å². The number of nitrogens with zero attached hydrogens (tertiary/aromatic N) is 1. The molecule has 0 spiro atoms. The Labute approximate surface area is 191 Å². The zero-order valence-corrected chi connectivity index (χ0v) is 18.6. The first kappa shape index (κ1) is 22.0. The molecule has 0 aliphatic heterocycles. The molecule has 3 aromatic carbocycles. The Morgan fingerprint density at radius 1 is 0.818 bits per heavy atom. The van der Waals surface area contributed by atoms with Gasteiger partial charge in [-0.2, -0.15) is 0 Å². The highest BCUT2D eigenvalue weighted by Gasteiger charge is 2.17. The summed E-state index contributed by atoms with van der Waals surface area (Å²) in [6.07, 6.45) is 0. The molecule has 1 aromatic heterocycles. The molecule has 4 aromatic rings. The zero-order valence-electron chi connectivity index (χ0n) is 18.6. The van der Waals surface area contributed by atoms with Gasteiger partial charge in [0.05, 0.1) is 27.9 Å². The second-order valence-electron chi connectivity index (χ2n) is 7.22. The largest absolute Gasteiger partial charge is 0.493 e. The molecule has 1 N–H and O–H groups in total. The van der Waals surface area contributed by atoms with E-state index in [0.29, 0.717) is 34.3 Å². The molecule has 0 aliphatic carbocycles. The van der Waals surface area contributed by atoms with Crippen molar-refractivity contribution in [1.29, 1.82) is 0 Å². The number of amides is 1. The Hall–Kier alpha value is -4.26. The summed E-state index contributed by atoms with van der Waals surface area (Å²) in [4.78, 5) is 12.7. The molecule has 0 atom stereocenters. The molecule has 7 nitrogen and oxygen atoms in total. The van der Waals surface area contributed by atoms with Gasteiger partial charge in [-0.05, 0) is 23.3 Å². The Morgan fingerprint density at radius 2 is 1.42 bits per heavy atom. The van der Waals surface area contributed by atoms with E-state index in [4.69, 9.17) is 18.7 Å². The van der Waals surface area contributed by atoms with E-state index in [1.807, 2.05) is 48.5 Å². The molecule has 0 saturated heterocycles. The summed E-state index contributed by atoms with van der Waals surface area (Å²) in [5, 5.41) is 6.91. The van der Waals surface area contributed by atoms with Gasteiger partial charge in [-0.1, -0.05) is 59.8 Å². The van der Waals surface area contributed by atoms with Gasteiger partial charge in [0.15, 0.2) is 17.3 Å². The lowest BCUT2D eigenvalue weighted by atomic mass is 10.0. The maximum absolute atomic E-state index is 12.7. The van der Waals surface area contributed by atoms with E-state index in [9.17, 15) is 4.79 Å². The summed E-state index contributed by atoms with van der Waals surface area (Å²) < 4.78 is 21.4. The van der Waals surface area contributed by atoms with Crippen LogP contribution in [-0.4, -0.2) is 32.4 Å². The molecular formula is C26H24N2O5. The number of ether oxygens (including phenoxy) is 3. The van der Waals surface area contributed by atoms with E-state index in [0.717, 1.165) is 16.7 Å². The van der Waals surface area contributed by atoms with Crippen molar-refractivity contribution in [3.05, 3.63) is 84.1 Å². The third-order valence-corrected chi connectivity index (χ3v) is 5.19. The lowest BCUT2D eigenvalue weighted by Gasteiger charge is -2.13. The quantitative estimate of drug-likeness (QED) is 0.413. The van der Waals surface area contributed by atoms with Crippen molar-refractivity contribution in [3.63, 3.8) is 0 Å². The zero-order chi connectivity index (χ0) is 23.2. The maximum atomic E-state index is 12.7. The van der Waals surface area contributed by atoms with Crippen LogP contribution in [0.1, 0.15) is 16.1 Å². The number of aromatic nitrogens is 1. The van der Waals surface area contributed by atoms with E-state index in [2.05, 4.69) is 22.6 Å². The van der Waals surface area contributed by atoms with Crippen LogP contribution >= 0.6 is 0 Å². The first-order chi connectivity index (χ1) is 16.1. The van der Waals surface area contributed by atoms with Crippen LogP contribution in [0.2, 0.25) is 0 Å². The molecule has 1 heterocycles. The lowest BCUT2D eigenvalue weighted by molar-refractivity contribution is 0.0949. The van der Waals surface area contributed by atoms with Crippen molar-refractivity contribution in [2.24, 2.45) is 0 Å². The average molecular weight is 444 g/mol. The first-order valence-electron chi connectivity index (χ1n) is 10.3. The number of carbonyl (C=O) groups is 1. The van der Waals surface area contributed by atoms with Crippen molar-refractivity contribution >= 4 is 5.91 Å². The Morgan fingerprint density at radius 3 is 2.03 bits per heavy atom. The van der Waals surface area contributed by atoms with E-state index in [1.54, 1.807) is 12.1 Å². The van der Waals surface area contributed by atoms with Crippen molar-refractivity contribution < 1.29 is 23.5 Å². The standard InChI is InChI=1S/C26H24N2O5/c1-30-23-13-20(14-24(31-2)25(23)32-3)26(29)27-16-21-15-22(33-28-21)19-11-9-18(10-12-19)17-7-5-4-6-8-17/h4-15H,16H2,1-3H3,(H,27,29). The molecule has 168 valence electrons. The van der Waals surface area contributed by atoms with Crippen molar-refractivity contribution in [2.45, 2.75) is 6.54 Å². The summed E-state index contributed by atoms with van der Waals surface area (Å²) in [5.41, 5.74) is 4.17. The lowest BCUT2D eigenvalue weighted by Crippen LogP contribution is -2.23. The molecule has 0 bridgehead atoms. The number of rotatable bonds is 8. The normalized spacial score (nSPS) is 10.5. The van der Waals surface area contributed by atoms with Crippen LogP contribution in [0.3, 0.4) is 0 Å². The minimum Gasteiger partial charge on any atom is -0.493 e. The fraction of sp³-hybridized carbons (Fsp3) is 0.154. The highest BCUT2D eigenvalue weighted by molar-refractivity contribution is 5.95. The highest BCUT2D eigenvalue weighted by atomic mass is 16.5. The number of nitrogens with one attached hydrogen (secondary N) is 1. The van der Waals surface area contributed by atoms with Crippen LogP contribution in [0.15, 0.2) is 77.3 Å². The van der Waals surface area contributed by atoms with Gasteiger partial charge in [-0.15, -0.1) is 0 Å². The predicted octanol–water partition coefficient (Wildman–Crippen LogP) is 4.96. The van der Waals surface area contributed by atoms with Crippen molar-refractivity contribution in [1.82, 2.24) is 10.5 Å². The molecule has 0 aliphatic rings. The average Bonchev–Trinajstić information content (AvgIpc) is 3.36. The molecule has 33 heavy (non-hydrogen) atoms. The second kappa shape index (κ2) is 9.91. The Kier molecular flexibility index (Phi) is 6.59. The summed E-state index contributed by atoms with van der Waals surface area (Å²) in [5.74, 6) is 1.57. The van der Waals surface area contributed by atoms with Crippen LogP contribution in [0.5, 0.6) is 17.2 Å². The summed E-state index contributed by atoms with van der Waals surface area (Å²) in [7, 11) is 4.52. The minimum absolute atomic E-state index is 0.209. The van der Waals surface area contributed by atoms with E-state index in [-0.39, 0.29) is 12.5 Å². The smallest absolute Gasteiger partial charge is 0.251 e. The second-order valence-corrected chi connectivity index (χ2v) is 7.22. The van der Waals surface area contributed by atoms with Gasteiger partial charge in [0.25, 0.3) is 5.91 Å². The Bertz CT molecular complexity index is 1210. The SMILES string of the molecule is COc1cc(C(=O)NCc2cc(-c3ccc(-c4ccccc4)cc3)on2)cc(OC)c1OC. The molecule has 1 amide bonds. The fourth-order valence-corrected chi connectivity index (χ4v) is 3.47. The third kappa shape index (κ3) is 4.82. The number of methoxy groups -OCH3 is 3. The minimum atomic E-state index is -0.300. The highest BCUT2D eigenvalue weighted by Crippen LogP contribution is 2.38. The first-order valence-corrected chi connectivity index (χ1v) is 10.3. The van der Waals surface area contributed by atoms with Crippen LogP contribution in [0, 0.1) is 0 Å². The van der Waals surface area contributed by atoms with Gasteiger partial charge in [0.1, 0.15) is 5.69 Å². The number of hydrogen-bond acceptors (Lipinski definition) is 6. The summed E-state index contributed by atoms with van der Waals surface area (Å²) in [6.45, 7) is 0.209. The third-order valence-electron chi connectivity index (χ3n) is 5.19. The van der Waals surface area contributed by atoms with Crippen LogP contribution in [0.25, 0.3) is 22.5 Å². The van der Waals surface area contributed by atoms with E-state index < -0.39 is 0 Å². The predicted molar refractivity (Wildman–Crippen MR) is 125 cm³/mol. The molecule has 0 radical (unpaired) electrons. The number of hydrogen-bond donors (Lipinski definition) is 1. The fourth-order valence-electron chi connectivity index (χ4n) is 3.47. The van der Waals surface area contributed by atoms with Crippen molar-refractivity contribution in [3.8, 4) is 39.7 Å². The molecule has 4 rings (SSSR count). The van der Waals surface area contributed by atoms with Crippen molar-refractivity contribution in [2.75, 3.05) is 21.3 Å². The number of benzene rings is 3. The monoisotopic (exact) mass is 444 g/mol. The summed E-state index contributed by atoms with van der Waals surface area (Å²) >= 11 is 0. The van der Waals surface area contributed by atoms with Crippen LogP contribution in [-0.2, 0) is 6.54 Å². The van der Waals surface area contributed by atoms with Crippen LogP contribution < -0.4 is 19.5 Å². The van der Waals surface area contributed by atoms with Gasteiger partial charge in [0, 0.05) is 17.2 Å². The van der Waals surface area contributed by atoms with Gasteiger partial charge in [-0.3, -0.25) is 4.79 Å². The van der Waals surface area contributed by atoms with Gasteiger partial charge in [-0.25, -0.2) is 0 Å². The summed E-state index contributed by atoms with van der Waals surface area (Å²) in [6, 6.07) is 23.2. The molecular weight excluding hydrogens is 420 g/mol. The topological polar surface area (TPSA) is 82.8 Å².